The second kappa shape index (κ2) is 8.82. The minimum absolute atomic E-state index is 0.00150. The highest BCUT2D eigenvalue weighted by Gasteiger charge is 2.47. The molecule has 1 saturated heterocycles. The molecule has 3 aromatic carbocycles. The number of aromatic hydroxyl groups is 1. The average molecular weight is 443 g/mol. The molecule has 1 unspecified atom stereocenters. The highest BCUT2D eigenvalue weighted by atomic mass is 16.5. The van der Waals surface area contributed by atoms with E-state index in [0.717, 1.165) is 5.56 Å². The van der Waals surface area contributed by atoms with Crippen molar-refractivity contribution in [1.29, 1.82) is 0 Å². The molecule has 1 aliphatic heterocycles. The molecule has 0 radical (unpaired) electrons. The van der Waals surface area contributed by atoms with Crippen LogP contribution in [0.4, 0.5) is 5.69 Å². The van der Waals surface area contributed by atoms with Gasteiger partial charge in [-0.25, -0.2) is 0 Å². The Hall–Kier alpha value is -4.06. The Kier molecular flexibility index (Phi) is 5.92. The average Bonchev–Trinajstić information content (AvgIpc) is 3.05. The van der Waals surface area contributed by atoms with E-state index in [1.165, 1.54) is 17.0 Å². The molecule has 0 spiro atoms. The lowest BCUT2D eigenvalue weighted by atomic mass is 9.95. The quantitative estimate of drug-likeness (QED) is 0.325. The lowest BCUT2D eigenvalue weighted by Crippen LogP contribution is -2.30. The number of aliphatic hydroxyl groups excluding tert-OH is 1. The number of carbonyl (C=O) groups is 2. The van der Waals surface area contributed by atoms with Gasteiger partial charge in [0.25, 0.3) is 11.7 Å². The molecule has 2 N–H and O–H groups in total. The molecule has 1 fully saturated rings. The first kappa shape index (κ1) is 22.1. The SMILES string of the molecule is Cc1ccccc1N1C(=O)C(=O)/C(=C(/O)c2ccc(OC(C)C)cc2)C1c1ccc(O)cc1. The fraction of sp³-hybridized carbons (Fsp3) is 0.185. The highest BCUT2D eigenvalue weighted by Crippen LogP contribution is 2.43. The summed E-state index contributed by atoms with van der Waals surface area (Å²) in [5.41, 5.74) is 2.39. The maximum atomic E-state index is 13.2. The van der Waals surface area contributed by atoms with Crippen molar-refractivity contribution in [3.05, 3.63) is 95.1 Å². The van der Waals surface area contributed by atoms with Crippen LogP contribution in [0.2, 0.25) is 0 Å². The number of Topliss-reactive ketones (excluding diaryl/α,β-unsaturated/α-hetero) is 1. The number of phenols is 1. The van der Waals surface area contributed by atoms with Crippen molar-refractivity contribution in [1.82, 2.24) is 0 Å². The van der Waals surface area contributed by atoms with E-state index in [9.17, 15) is 19.8 Å². The number of benzene rings is 3. The monoisotopic (exact) mass is 443 g/mol. The normalized spacial score (nSPS) is 17.6. The van der Waals surface area contributed by atoms with Crippen LogP contribution in [0, 0.1) is 6.92 Å². The fourth-order valence-corrected chi connectivity index (χ4v) is 4.01. The van der Waals surface area contributed by atoms with Crippen molar-refractivity contribution < 1.29 is 24.5 Å². The minimum Gasteiger partial charge on any atom is -0.508 e. The smallest absolute Gasteiger partial charge is 0.300 e. The zero-order chi connectivity index (χ0) is 23.7. The van der Waals surface area contributed by atoms with E-state index in [4.69, 9.17) is 4.74 Å². The second-order valence-corrected chi connectivity index (χ2v) is 8.24. The Morgan fingerprint density at radius 1 is 0.939 bits per heavy atom. The summed E-state index contributed by atoms with van der Waals surface area (Å²) in [4.78, 5) is 27.8. The van der Waals surface area contributed by atoms with Crippen LogP contribution >= 0.6 is 0 Å². The molecule has 1 aliphatic rings. The molecule has 0 bridgehead atoms. The Morgan fingerprint density at radius 3 is 2.18 bits per heavy atom. The molecule has 0 saturated carbocycles. The molecule has 4 rings (SSSR count). The zero-order valence-corrected chi connectivity index (χ0v) is 18.6. The number of ether oxygens (including phenoxy) is 1. The van der Waals surface area contributed by atoms with Gasteiger partial charge in [0, 0.05) is 11.3 Å². The third-order valence-electron chi connectivity index (χ3n) is 5.53. The molecule has 6 nitrogen and oxygen atoms in total. The van der Waals surface area contributed by atoms with Gasteiger partial charge in [-0.15, -0.1) is 0 Å². The summed E-state index contributed by atoms with van der Waals surface area (Å²) in [6.45, 7) is 5.69. The van der Waals surface area contributed by atoms with Crippen LogP contribution in [0.1, 0.15) is 36.6 Å². The number of ketones is 1. The molecular formula is C27H25NO5. The molecule has 3 aromatic rings. The van der Waals surface area contributed by atoms with E-state index in [-0.39, 0.29) is 23.2 Å². The second-order valence-electron chi connectivity index (χ2n) is 8.24. The number of aliphatic hydroxyl groups is 1. The number of nitrogens with zero attached hydrogens (tertiary/aromatic N) is 1. The van der Waals surface area contributed by atoms with Crippen molar-refractivity contribution in [3.8, 4) is 11.5 Å². The van der Waals surface area contributed by atoms with Gasteiger partial charge in [0.2, 0.25) is 0 Å². The van der Waals surface area contributed by atoms with Gasteiger partial charge in [-0.05, 0) is 74.4 Å². The molecule has 1 atom stereocenters. The summed E-state index contributed by atoms with van der Waals surface area (Å²) >= 11 is 0. The highest BCUT2D eigenvalue weighted by molar-refractivity contribution is 6.51. The van der Waals surface area contributed by atoms with E-state index in [0.29, 0.717) is 22.6 Å². The maximum absolute atomic E-state index is 13.2. The van der Waals surface area contributed by atoms with Gasteiger partial charge in [0.1, 0.15) is 17.3 Å². The summed E-state index contributed by atoms with van der Waals surface area (Å²) in [6, 6.07) is 19.4. The predicted molar refractivity (Wildman–Crippen MR) is 126 cm³/mol. The fourth-order valence-electron chi connectivity index (χ4n) is 4.01. The number of carbonyl (C=O) groups excluding carboxylic acids is 2. The Balaban J connectivity index is 1.88. The van der Waals surface area contributed by atoms with Gasteiger partial charge < -0.3 is 14.9 Å². The third-order valence-corrected chi connectivity index (χ3v) is 5.53. The maximum Gasteiger partial charge on any atom is 0.300 e. The molecule has 0 aliphatic carbocycles. The van der Waals surface area contributed by atoms with E-state index >= 15 is 0 Å². The summed E-state index contributed by atoms with van der Waals surface area (Å²) in [5.74, 6) is -1.05. The number of hydrogen-bond acceptors (Lipinski definition) is 5. The van der Waals surface area contributed by atoms with E-state index < -0.39 is 17.7 Å². The third kappa shape index (κ3) is 4.20. The topological polar surface area (TPSA) is 87.1 Å². The number of anilines is 1. The van der Waals surface area contributed by atoms with Gasteiger partial charge in [-0.1, -0.05) is 30.3 Å². The molecule has 1 amide bonds. The molecule has 168 valence electrons. The summed E-state index contributed by atoms with van der Waals surface area (Å²) in [5, 5.41) is 20.9. The van der Waals surface area contributed by atoms with Crippen LogP contribution in [0.3, 0.4) is 0 Å². The first-order valence-corrected chi connectivity index (χ1v) is 10.7. The standard InChI is InChI=1S/C27H25NO5/c1-16(2)33-21-14-10-19(11-15-21)25(30)23-24(18-8-12-20(29)13-9-18)28(27(32)26(23)31)22-7-5-4-6-17(22)3/h4-16,24,29-30H,1-3H3/b25-23+. The van der Waals surface area contributed by atoms with Crippen LogP contribution in [-0.2, 0) is 9.59 Å². The van der Waals surface area contributed by atoms with Gasteiger partial charge in [-0.3, -0.25) is 14.5 Å². The molecule has 1 heterocycles. The van der Waals surface area contributed by atoms with E-state index in [2.05, 4.69) is 0 Å². The van der Waals surface area contributed by atoms with Gasteiger partial charge in [-0.2, -0.15) is 0 Å². The number of amides is 1. The van der Waals surface area contributed by atoms with Gasteiger partial charge >= 0.3 is 0 Å². The predicted octanol–water partition coefficient (Wildman–Crippen LogP) is 5.11. The molecule has 0 aromatic heterocycles. The lowest BCUT2D eigenvalue weighted by Gasteiger charge is -2.26. The van der Waals surface area contributed by atoms with E-state index in [1.54, 1.807) is 48.5 Å². The Bertz CT molecular complexity index is 1230. The number of para-hydroxylation sites is 1. The largest absolute Gasteiger partial charge is 0.508 e. The summed E-state index contributed by atoms with van der Waals surface area (Å²) in [7, 11) is 0. The van der Waals surface area contributed by atoms with Gasteiger partial charge in [0.15, 0.2) is 0 Å². The number of aryl methyl sites for hydroxylation is 1. The van der Waals surface area contributed by atoms with E-state index in [1.807, 2.05) is 32.9 Å². The van der Waals surface area contributed by atoms with Crippen molar-refractivity contribution in [3.63, 3.8) is 0 Å². The molecule has 33 heavy (non-hydrogen) atoms. The van der Waals surface area contributed by atoms with Crippen LogP contribution in [-0.4, -0.2) is 28.0 Å². The van der Waals surface area contributed by atoms with Crippen molar-refractivity contribution in [2.75, 3.05) is 4.90 Å². The Labute approximate surface area is 192 Å². The zero-order valence-electron chi connectivity index (χ0n) is 18.6. The van der Waals surface area contributed by atoms with Gasteiger partial charge in [0.05, 0.1) is 17.7 Å². The van der Waals surface area contributed by atoms with Crippen LogP contribution in [0.25, 0.3) is 5.76 Å². The first-order valence-electron chi connectivity index (χ1n) is 10.7. The minimum atomic E-state index is -0.849. The summed E-state index contributed by atoms with van der Waals surface area (Å²) < 4.78 is 5.65. The number of phenolic OH excluding ortho intramolecular Hbond substituents is 1. The van der Waals surface area contributed by atoms with Crippen molar-refractivity contribution in [2.45, 2.75) is 32.9 Å². The molecular weight excluding hydrogens is 418 g/mol. The number of hydrogen-bond donors (Lipinski definition) is 2. The first-order chi connectivity index (χ1) is 15.8. The van der Waals surface area contributed by atoms with Crippen molar-refractivity contribution in [2.24, 2.45) is 0 Å². The van der Waals surface area contributed by atoms with Crippen LogP contribution in [0.15, 0.2) is 78.4 Å². The van der Waals surface area contributed by atoms with Crippen molar-refractivity contribution >= 4 is 23.1 Å². The number of rotatable bonds is 5. The van der Waals surface area contributed by atoms with Crippen LogP contribution in [0.5, 0.6) is 11.5 Å². The summed E-state index contributed by atoms with van der Waals surface area (Å²) in [6.07, 6.45) is -0.00150. The lowest BCUT2D eigenvalue weighted by molar-refractivity contribution is -0.132. The Morgan fingerprint density at radius 2 is 1.58 bits per heavy atom. The molecule has 6 heteroatoms. The van der Waals surface area contributed by atoms with Crippen LogP contribution < -0.4 is 9.64 Å².